The summed E-state index contributed by atoms with van der Waals surface area (Å²) in [4.78, 5) is 6.97. The van der Waals surface area contributed by atoms with E-state index in [2.05, 4.69) is 15.3 Å². The molecule has 0 saturated carbocycles. The first-order valence-electron chi connectivity index (χ1n) is 4.65. The van der Waals surface area contributed by atoms with Crippen LogP contribution in [0.15, 0.2) is 35.3 Å². The lowest BCUT2D eigenvalue weighted by Crippen LogP contribution is -2.16. The average molecular weight is 191 g/mol. The van der Waals surface area contributed by atoms with Gasteiger partial charge in [0, 0.05) is 31.4 Å². The van der Waals surface area contributed by atoms with Crippen LogP contribution in [0.25, 0.3) is 0 Å². The summed E-state index contributed by atoms with van der Waals surface area (Å²) >= 11 is 0. The minimum absolute atomic E-state index is 0.820. The Morgan fingerprint density at radius 1 is 1.50 bits per heavy atom. The van der Waals surface area contributed by atoms with Crippen LogP contribution >= 0.6 is 0 Å². The molecule has 0 aliphatic rings. The highest BCUT2D eigenvalue weighted by atomic mass is 16.3. The minimum Gasteiger partial charge on any atom is -0.469 e. The van der Waals surface area contributed by atoms with Crippen molar-refractivity contribution in [2.24, 2.45) is 0 Å². The Morgan fingerprint density at radius 2 is 2.50 bits per heavy atom. The fourth-order valence-corrected chi connectivity index (χ4v) is 1.27. The molecule has 14 heavy (non-hydrogen) atoms. The van der Waals surface area contributed by atoms with Crippen molar-refractivity contribution in [2.75, 3.05) is 6.54 Å². The quantitative estimate of drug-likeness (QED) is 0.701. The molecule has 0 aliphatic carbocycles. The molecule has 4 nitrogen and oxygen atoms in total. The number of nitrogens with one attached hydrogen (secondary N) is 2. The molecule has 0 amide bonds. The smallest absolute Gasteiger partial charge is 0.105 e. The van der Waals surface area contributed by atoms with E-state index in [9.17, 15) is 0 Å². The second-order valence-corrected chi connectivity index (χ2v) is 3.08. The van der Waals surface area contributed by atoms with Gasteiger partial charge in [0.1, 0.15) is 5.76 Å². The van der Waals surface area contributed by atoms with Gasteiger partial charge in [0.05, 0.1) is 12.6 Å². The van der Waals surface area contributed by atoms with Crippen LogP contribution in [-0.4, -0.2) is 16.5 Å². The maximum atomic E-state index is 5.21. The van der Waals surface area contributed by atoms with Gasteiger partial charge in [0.2, 0.25) is 0 Å². The third-order valence-electron chi connectivity index (χ3n) is 2.00. The summed E-state index contributed by atoms with van der Waals surface area (Å²) in [5, 5.41) is 3.29. The van der Waals surface area contributed by atoms with E-state index in [-0.39, 0.29) is 0 Å². The van der Waals surface area contributed by atoms with Crippen LogP contribution in [0, 0.1) is 0 Å². The highest BCUT2D eigenvalue weighted by molar-refractivity contribution is 4.99. The number of hydrogen-bond donors (Lipinski definition) is 2. The molecule has 0 unspecified atom stereocenters. The zero-order chi connectivity index (χ0) is 9.64. The van der Waals surface area contributed by atoms with Gasteiger partial charge >= 0.3 is 0 Å². The van der Waals surface area contributed by atoms with Crippen LogP contribution in [0.2, 0.25) is 0 Å². The number of aromatic amines is 1. The van der Waals surface area contributed by atoms with Crippen LogP contribution in [0.4, 0.5) is 0 Å². The van der Waals surface area contributed by atoms with E-state index in [1.807, 2.05) is 18.3 Å². The fraction of sp³-hybridized carbons (Fsp3) is 0.300. The van der Waals surface area contributed by atoms with Gasteiger partial charge in [-0.1, -0.05) is 0 Å². The lowest BCUT2D eigenvalue weighted by atomic mass is 10.3. The van der Waals surface area contributed by atoms with Crippen molar-refractivity contribution in [3.8, 4) is 0 Å². The summed E-state index contributed by atoms with van der Waals surface area (Å²) in [6, 6.07) is 3.89. The number of aromatic nitrogens is 2. The van der Waals surface area contributed by atoms with Crippen molar-refractivity contribution in [3.05, 3.63) is 42.4 Å². The Bertz CT molecular complexity index is 303. The first-order valence-corrected chi connectivity index (χ1v) is 4.65. The highest BCUT2D eigenvalue weighted by Crippen LogP contribution is 1.99. The first kappa shape index (κ1) is 9.02. The molecule has 0 saturated heterocycles. The zero-order valence-electron chi connectivity index (χ0n) is 7.86. The standard InChI is InChI=1S/C10H13N3O/c1-2-10(14-5-1)3-4-11-6-9-7-12-8-13-9/h1-2,5,7-8,11H,3-4,6H2,(H,12,13). The Kier molecular flexibility index (Phi) is 2.98. The minimum atomic E-state index is 0.820. The lowest BCUT2D eigenvalue weighted by molar-refractivity contribution is 0.498. The summed E-state index contributed by atoms with van der Waals surface area (Å²) in [5.41, 5.74) is 1.10. The van der Waals surface area contributed by atoms with Gasteiger partial charge in [0.15, 0.2) is 0 Å². The summed E-state index contributed by atoms with van der Waals surface area (Å²) in [6.45, 7) is 1.73. The number of hydrogen-bond acceptors (Lipinski definition) is 3. The number of rotatable bonds is 5. The molecule has 2 aromatic rings. The molecule has 2 rings (SSSR count). The molecule has 74 valence electrons. The first-order chi connectivity index (χ1) is 6.95. The van der Waals surface area contributed by atoms with Crippen molar-refractivity contribution in [1.82, 2.24) is 15.3 Å². The molecule has 0 radical (unpaired) electrons. The predicted molar refractivity (Wildman–Crippen MR) is 52.7 cm³/mol. The normalized spacial score (nSPS) is 10.6. The summed E-state index contributed by atoms with van der Waals surface area (Å²) in [6.07, 6.45) is 6.12. The molecule has 4 heteroatoms. The third kappa shape index (κ3) is 2.47. The van der Waals surface area contributed by atoms with Gasteiger partial charge in [-0.05, 0) is 12.1 Å². The summed E-state index contributed by atoms with van der Waals surface area (Å²) in [5.74, 6) is 1.02. The monoisotopic (exact) mass is 191 g/mol. The molecule has 0 aliphatic heterocycles. The van der Waals surface area contributed by atoms with Gasteiger partial charge in [0.25, 0.3) is 0 Å². The molecular formula is C10H13N3O. The molecule has 2 aromatic heterocycles. The average Bonchev–Trinajstić information content (AvgIpc) is 2.86. The fourth-order valence-electron chi connectivity index (χ4n) is 1.27. The van der Waals surface area contributed by atoms with E-state index in [0.717, 1.165) is 31.0 Å². The molecule has 2 N–H and O–H groups in total. The molecule has 0 atom stereocenters. The van der Waals surface area contributed by atoms with Gasteiger partial charge in [-0.3, -0.25) is 0 Å². The SMILES string of the molecule is c1coc(CCNCc2cnc[nH]2)c1. The molecule has 2 heterocycles. The topological polar surface area (TPSA) is 53.9 Å². The van der Waals surface area contributed by atoms with Crippen molar-refractivity contribution < 1.29 is 4.42 Å². The Balaban J connectivity index is 1.65. The predicted octanol–water partition coefficient (Wildman–Crippen LogP) is 1.33. The van der Waals surface area contributed by atoms with E-state index < -0.39 is 0 Å². The Labute approximate surface area is 82.4 Å². The van der Waals surface area contributed by atoms with Gasteiger partial charge in [-0.2, -0.15) is 0 Å². The van der Waals surface area contributed by atoms with Gasteiger partial charge in [-0.25, -0.2) is 4.98 Å². The summed E-state index contributed by atoms with van der Waals surface area (Å²) in [7, 11) is 0. The zero-order valence-corrected chi connectivity index (χ0v) is 7.86. The number of furan rings is 1. The van der Waals surface area contributed by atoms with E-state index in [1.54, 1.807) is 12.6 Å². The largest absolute Gasteiger partial charge is 0.469 e. The van der Waals surface area contributed by atoms with E-state index in [4.69, 9.17) is 4.42 Å². The summed E-state index contributed by atoms with van der Waals surface area (Å²) < 4.78 is 5.21. The van der Waals surface area contributed by atoms with Gasteiger partial charge < -0.3 is 14.7 Å². The van der Waals surface area contributed by atoms with E-state index in [1.165, 1.54) is 0 Å². The Morgan fingerprint density at radius 3 is 3.21 bits per heavy atom. The Hall–Kier alpha value is -1.55. The lowest BCUT2D eigenvalue weighted by Gasteiger charge is -2.00. The van der Waals surface area contributed by atoms with Crippen LogP contribution in [0.3, 0.4) is 0 Å². The third-order valence-corrected chi connectivity index (χ3v) is 2.00. The van der Waals surface area contributed by atoms with Crippen LogP contribution < -0.4 is 5.32 Å². The second kappa shape index (κ2) is 4.62. The molecule has 0 fully saturated rings. The van der Waals surface area contributed by atoms with Crippen molar-refractivity contribution in [3.63, 3.8) is 0 Å². The number of imidazole rings is 1. The van der Waals surface area contributed by atoms with Gasteiger partial charge in [-0.15, -0.1) is 0 Å². The molecule has 0 aromatic carbocycles. The van der Waals surface area contributed by atoms with Crippen molar-refractivity contribution in [2.45, 2.75) is 13.0 Å². The highest BCUT2D eigenvalue weighted by Gasteiger charge is 1.95. The molecular weight excluding hydrogens is 178 g/mol. The second-order valence-electron chi connectivity index (χ2n) is 3.08. The molecule has 0 bridgehead atoms. The molecule has 0 spiro atoms. The van der Waals surface area contributed by atoms with Crippen LogP contribution in [0.5, 0.6) is 0 Å². The van der Waals surface area contributed by atoms with E-state index in [0.29, 0.717) is 0 Å². The van der Waals surface area contributed by atoms with E-state index >= 15 is 0 Å². The maximum Gasteiger partial charge on any atom is 0.105 e. The number of nitrogens with zero attached hydrogens (tertiary/aromatic N) is 1. The van der Waals surface area contributed by atoms with Crippen molar-refractivity contribution >= 4 is 0 Å². The van der Waals surface area contributed by atoms with Crippen molar-refractivity contribution in [1.29, 1.82) is 0 Å². The van der Waals surface area contributed by atoms with Crippen LogP contribution in [-0.2, 0) is 13.0 Å². The van der Waals surface area contributed by atoms with Crippen LogP contribution in [0.1, 0.15) is 11.5 Å². The maximum absolute atomic E-state index is 5.21. The number of H-pyrrole nitrogens is 1.